The average molecular weight is 176 g/mol. The van der Waals surface area contributed by atoms with E-state index >= 15 is 0 Å². The fourth-order valence-electron chi connectivity index (χ4n) is 4.00. The van der Waals surface area contributed by atoms with E-state index in [1.807, 2.05) is 0 Å². The van der Waals surface area contributed by atoms with Crippen LogP contribution in [0.2, 0.25) is 0 Å². The highest BCUT2D eigenvalue weighted by atomic mass is 14.4. The Bertz CT molecular complexity index is 194. The Kier molecular flexibility index (Phi) is 1.96. The van der Waals surface area contributed by atoms with Gasteiger partial charge in [0.05, 0.1) is 0 Å². The van der Waals surface area contributed by atoms with Gasteiger partial charge in [-0.2, -0.15) is 0 Å². The second-order valence-electron chi connectivity index (χ2n) is 5.26. The van der Waals surface area contributed by atoms with Crippen LogP contribution in [0.4, 0.5) is 0 Å². The van der Waals surface area contributed by atoms with Crippen molar-refractivity contribution in [3.8, 4) is 0 Å². The molecular weight excluding hydrogens is 156 g/mol. The number of allylic oxidation sites excluding steroid dienone is 2. The summed E-state index contributed by atoms with van der Waals surface area (Å²) in [5, 5.41) is 0. The molecule has 0 saturated heterocycles. The SMILES string of the molecule is C1=C[C@H]2CC[C@@H]1[C@@H]1CCCCC[C@H]12. The molecule has 0 aromatic heterocycles. The smallest absolute Gasteiger partial charge is 0.0202 e. The molecule has 4 aliphatic rings. The fourth-order valence-corrected chi connectivity index (χ4v) is 4.00. The normalized spacial score (nSPS) is 48.6. The zero-order valence-electron chi connectivity index (χ0n) is 8.41. The van der Waals surface area contributed by atoms with Gasteiger partial charge in [0.15, 0.2) is 0 Å². The van der Waals surface area contributed by atoms with Crippen LogP contribution in [0, 0.1) is 23.7 Å². The maximum Gasteiger partial charge on any atom is -0.0202 e. The summed E-state index contributed by atoms with van der Waals surface area (Å²) in [6.07, 6.45) is 15.7. The number of fused-ring (bicyclic) bond motifs is 1. The summed E-state index contributed by atoms with van der Waals surface area (Å²) in [5.74, 6) is 4.14. The van der Waals surface area contributed by atoms with Crippen LogP contribution < -0.4 is 0 Å². The highest BCUT2D eigenvalue weighted by molar-refractivity contribution is 5.09. The van der Waals surface area contributed by atoms with Gasteiger partial charge in [-0.3, -0.25) is 0 Å². The van der Waals surface area contributed by atoms with Gasteiger partial charge in [0.25, 0.3) is 0 Å². The Hall–Kier alpha value is -0.260. The predicted octanol–water partition coefficient (Wildman–Crippen LogP) is 3.78. The lowest BCUT2D eigenvalue weighted by Crippen LogP contribution is -2.36. The van der Waals surface area contributed by atoms with Crippen molar-refractivity contribution in [2.45, 2.75) is 44.9 Å². The molecule has 2 saturated carbocycles. The molecule has 0 radical (unpaired) electrons. The molecule has 0 aromatic rings. The van der Waals surface area contributed by atoms with Gasteiger partial charge in [-0.1, -0.05) is 31.4 Å². The number of rotatable bonds is 0. The summed E-state index contributed by atoms with van der Waals surface area (Å²) in [6.45, 7) is 0. The first-order chi connectivity index (χ1) is 6.45. The summed E-state index contributed by atoms with van der Waals surface area (Å²) >= 11 is 0. The third-order valence-electron chi connectivity index (χ3n) is 4.66. The highest BCUT2D eigenvalue weighted by Gasteiger charge is 2.40. The quantitative estimate of drug-likeness (QED) is 0.493. The minimum atomic E-state index is 0.980. The van der Waals surface area contributed by atoms with E-state index in [4.69, 9.17) is 0 Å². The van der Waals surface area contributed by atoms with Crippen molar-refractivity contribution in [2.75, 3.05) is 0 Å². The lowest BCUT2D eigenvalue weighted by molar-refractivity contribution is 0.114. The molecule has 0 spiro atoms. The van der Waals surface area contributed by atoms with Gasteiger partial charge in [-0.15, -0.1) is 0 Å². The van der Waals surface area contributed by atoms with Crippen LogP contribution >= 0.6 is 0 Å². The molecular formula is C13H20. The second kappa shape index (κ2) is 3.15. The van der Waals surface area contributed by atoms with E-state index in [9.17, 15) is 0 Å². The molecule has 0 aliphatic heterocycles. The molecule has 72 valence electrons. The van der Waals surface area contributed by atoms with Crippen LogP contribution in [0.25, 0.3) is 0 Å². The molecule has 0 heteroatoms. The maximum atomic E-state index is 2.54. The minimum Gasteiger partial charge on any atom is -0.0848 e. The largest absolute Gasteiger partial charge is 0.0848 e. The molecule has 0 unspecified atom stereocenters. The third-order valence-corrected chi connectivity index (χ3v) is 4.66. The molecule has 0 nitrogen and oxygen atoms in total. The minimum absolute atomic E-state index is 0.980. The van der Waals surface area contributed by atoms with Gasteiger partial charge >= 0.3 is 0 Å². The summed E-state index contributed by atoms with van der Waals surface area (Å²) < 4.78 is 0. The first-order valence-corrected chi connectivity index (χ1v) is 6.13. The van der Waals surface area contributed by atoms with E-state index in [0.29, 0.717) is 0 Å². The standard InChI is InChI=1S/C13H20/c1-2-4-12-10-6-8-11(9-7-10)13(12)5-3-1/h6,8,10-13H,1-5,7,9H2/t10-,11+,12-,13-/m0/s1. The number of hydrogen-bond donors (Lipinski definition) is 0. The Balaban J connectivity index is 1.87. The van der Waals surface area contributed by atoms with E-state index in [0.717, 1.165) is 23.7 Å². The summed E-state index contributed by atoms with van der Waals surface area (Å²) in [4.78, 5) is 0. The van der Waals surface area contributed by atoms with Gasteiger partial charge in [0.1, 0.15) is 0 Å². The van der Waals surface area contributed by atoms with Crippen molar-refractivity contribution >= 4 is 0 Å². The summed E-state index contributed by atoms with van der Waals surface area (Å²) in [5.41, 5.74) is 0. The molecule has 0 heterocycles. The van der Waals surface area contributed by atoms with E-state index < -0.39 is 0 Å². The average Bonchev–Trinajstić information content (AvgIpc) is 2.45. The molecule has 4 aliphatic carbocycles. The fraction of sp³-hybridized carbons (Fsp3) is 0.846. The Morgan fingerprint density at radius 2 is 1.15 bits per heavy atom. The van der Waals surface area contributed by atoms with Crippen LogP contribution in [0.1, 0.15) is 44.9 Å². The first-order valence-electron chi connectivity index (χ1n) is 6.13. The van der Waals surface area contributed by atoms with Gasteiger partial charge in [0, 0.05) is 0 Å². The van der Waals surface area contributed by atoms with Crippen LogP contribution in [0.3, 0.4) is 0 Å². The van der Waals surface area contributed by atoms with Gasteiger partial charge in [-0.25, -0.2) is 0 Å². The molecule has 13 heavy (non-hydrogen) atoms. The van der Waals surface area contributed by atoms with E-state index in [1.54, 1.807) is 0 Å². The molecule has 0 N–H and O–H groups in total. The highest BCUT2D eigenvalue weighted by Crippen LogP contribution is 2.49. The third kappa shape index (κ3) is 1.26. The van der Waals surface area contributed by atoms with Crippen molar-refractivity contribution in [3.05, 3.63) is 12.2 Å². The maximum absolute atomic E-state index is 2.54. The van der Waals surface area contributed by atoms with Crippen LogP contribution in [0.15, 0.2) is 12.2 Å². The predicted molar refractivity (Wildman–Crippen MR) is 55.4 cm³/mol. The van der Waals surface area contributed by atoms with Crippen molar-refractivity contribution < 1.29 is 0 Å². The molecule has 2 bridgehead atoms. The monoisotopic (exact) mass is 176 g/mol. The van der Waals surface area contributed by atoms with Crippen LogP contribution in [-0.4, -0.2) is 0 Å². The van der Waals surface area contributed by atoms with Crippen LogP contribution in [0.5, 0.6) is 0 Å². The van der Waals surface area contributed by atoms with E-state index in [1.165, 1.54) is 44.9 Å². The topological polar surface area (TPSA) is 0 Å². The van der Waals surface area contributed by atoms with Gasteiger partial charge < -0.3 is 0 Å². The van der Waals surface area contributed by atoms with Crippen molar-refractivity contribution in [1.29, 1.82) is 0 Å². The molecule has 2 fully saturated rings. The Morgan fingerprint density at radius 1 is 0.615 bits per heavy atom. The first kappa shape index (κ1) is 8.08. The Morgan fingerprint density at radius 3 is 1.62 bits per heavy atom. The van der Waals surface area contributed by atoms with Crippen LogP contribution in [-0.2, 0) is 0 Å². The zero-order chi connectivity index (χ0) is 8.67. The summed E-state index contributed by atoms with van der Waals surface area (Å²) in [7, 11) is 0. The molecule has 4 rings (SSSR count). The number of hydrogen-bond acceptors (Lipinski definition) is 0. The van der Waals surface area contributed by atoms with Crippen molar-refractivity contribution in [1.82, 2.24) is 0 Å². The molecule has 0 amide bonds. The molecule has 4 atom stereocenters. The van der Waals surface area contributed by atoms with E-state index in [2.05, 4.69) is 12.2 Å². The summed E-state index contributed by atoms with van der Waals surface area (Å²) in [6, 6.07) is 0. The van der Waals surface area contributed by atoms with Crippen molar-refractivity contribution in [2.24, 2.45) is 23.7 Å². The van der Waals surface area contributed by atoms with Gasteiger partial charge in [0.2, 0.25) is 0 Å². The molecule has 0 aromatic carbocycles. The van der Waals surface area contributed by atoms with Gasteiger partial charge in [-0.05, 0) is 49.4 Å². The lowest BCUT2D eigenvalue weighted by atomic mass is 9.61. The van der Waals surface area contributed by atoms with Crippen molar-refractivity contribution in [3.63, 3.8) is 0 Å². The zero-order valence-corrected chi connectivity index (χ0v) is 8.41. The van der Waals surface area contributed by atoms with E-state index in [-0.39, 0.29) is 0 Å². The lowest BCUT2D eigenvalue weighted by Gasteiger charge is -2.44. The second-order valence-corrected chi connectivity index (χ2v) is 5.26. The Labute approximate surface area is 81.4 Å².